The molecule has 0 bridgehead atoms. The molecule has 2 aliphatic rings. The van der Waals surface area contributed by atoms with Crippen LogP contribution in [0.2, 0.25) is 0 Å². The molecule has 1 aromatic rings. The Morgan fingerprint density at radius 2 is 2.25 bits per heavy atom. The quantitative estimate of drug-likeness (QED) is 0.713. The largest absolute Gasteiger partial charge is 0.489 e. The number of aryl methyl sites for hydroxylation is 2. The highest BCUT2D eigenvalue weighted by molar-refractivity contribution is 5.65. The monoisotopic (exact) mass is 218 g/mol. The fraction of sp³-hybridized carbons (Fsp3) is 0.538. The van der Waals surface area contributed by atoms with Crippen LogP contribution in [0.25, 0.3) is 0 Å². The van der Waals surface area contributed by atoms with E-state index in [2.05, 4.69) is 36.2 Å². The Bertz CT molecular complexity index is 417. The zero-order valence-corrected chi connectivity index (χ0v) is 9.92. The molecule has 1 aromatic carbocycles. The van der Waals surface area contributed by atoms with E-state index in [1.807, 2.05) is 0 Å². The standard InChI is InChI=1S/C13H18N2O/c1-9-5-10(2)13-12(6-9)15-4-3-14-7-11(15)8-16-13/h5-6,11,14H,3-4,7-8H2,1-2H3. The normalized spacial score (nSPS) is 23.4. The minimum Gasteiger partial charge on any atom is -0.489 e. The predicted molar refractivity (Wildman–Crippen MR) is 65.4 cm³/mol. The molecule has 0 aliphatic carbocycles. The second-order valence-electron chi connectivity index (χ2n) is 4.79. The SMILES string of the molecule is Cc1cc(C)c2c(c1)N1CCNCC1CO2. The lowest BCUT2D eigenvalue weighted by molar-refractivity contribution is 0.245. The van der Waals surface area contributed by atoms with Crippen LogP contribution in [0.4, 0.5) is 5.69 Å². The molecule has 0 saturated carbocycles. The highest BCUT2D eigenvalue weighted by Gasteiger charge is 2.30. The molecule has 3 heteroatoms. The highest BCUT2D eigenvalue weighted by Crippen LogP contribution is 2.37. The topological polar surface area (TPSA) is 24.5 Å². The van der Waals surface area contributed by atoms with E-state index in [0.29, 0.717) is 6.04 Å². The molecule has 1 fully saturated rings. The Hall–Kier alpha value is -1.22. The number of rotatable bonds is 0. The van der Waals surface area contributed by atoms with Gasteiger partial charge in [-0.15, -0.1) is 0 Å². The average molecular weight is 218 g/mol. The minimum absolute atomic E-state index is 0.502. The van der Waals surface area contributed by atoms with Gasteiger partial charge in [0.1, 0.15) is 12.4 Å². The third kappa shape index (κ3) is 1.47. The van der Waals surface area contributed by atoms with E-state index in [4.69, 9.17) is 4.74 Å². The van der Waals surface area contributed by atoms with Gasteiger partial charge in [0.05, 0.1) is 11.7 Å². The van der Waals surface area contributed by atoms with Crippen LogP contribution < -0.4 is 15.0 Å². The minimum atomic E-state index is 0.502. The smallest absolute Gasteiger partial charge is 0.145 e. The number of piperazine rings is 1. The van der Waals surface area contributed by atoms with E-state index in [0.717, 1.165) is 32.0 Å². The third-order valence-corrected chi connectivity index (χ3v) is 3.48. The third-order valence-electron chi connectivity index (χ3n) is 3.48. The first-order valence-electron chi connectivity index (χ1n) is 5.97. The van der Waals surface area contributed by atoms with Crippen LogP contribution in [-0.2, 0) is 0 Å². The summed E-state index contributed by atoms with van der Waals surface area (Å²) >= 11 is 0. The maximum Gasteiger partial charge on any atom is 0.145 e. The Labute approximate surface area is 96.4 Å². The summed E-state index contributed by atoms with van der Waals surface area (Å²) < 4.78 is 5.90. The Kier molecular flexibility index (Phi) is 2.28. The first-order valence-corrected chi connectivity index (χ1v) is 5.97. The summed E-state index contributed by atoms with van der Waals surface area (Å²) in [6.45, 7) is 8.29. The fourth-order valence-corrected chi connectivity index (χ4v) is 2.74. The number of hydrogen-bond donors (Lipinski definition) is 1. The van der Waals surface area contributed by atoms with Crippen LogP contribution >= 0.6 is 0 Å². The van der Waals surface area contributed by atoms with Crippen LogP contribution in [0, 0.1) is 13.8 Å². The van der Waals surface area contributed by atoms with Gasteiger partial charge in [0.15, 0.2) is 0 Å². The molecule has 0 spiro atoms. The molecule has 16 heavy (non-hydrogen) atoms. The number of fused-ring (bicyclic) bond motifs is 3. The average Bonchev–Trinajstić information content (AvgIpc) is 2.28. The first kappa shape index (κ1) is 9.97. The zero-order chi connectivity index (χ0) is 11.1. The summed E-state index contributed by atoms with van der Waals surface area (Å²) in [5.41, 5.74) is 3.86. The van der Waals surface area contributed by atoms with E-state index < -0.39 is 0 Å². The van der Waals surface area contributed by atoms with Crippen LogP contribution in [0.5, 0.6) is 5.75 Å². The van der Waals surface area contributed by atoms with Gasteiger partial charge in [-0.05, 0) is 31.0 Å². The van der Waals surface area contributed by atoms with Crippen molar-refractivity contribution in [3.8, 4) is 5.75 Å². The molecule has 1 atom stereocenters. The molecular weight excluding hydrogens is 200 g/mol. The summed E-state index contributed by atoms with van der Waals surface area (Å²) in [4.78, 5) is 2.50. The predicted octanol–water partition coefficient (Wildman–Crippen LogP) is 1.47. The number of ether oxygens (including phenoxy) is 1. The lowest BCUT2D eigenvalue weighted by Gasteiger charge is -2.42. The van der Waals surface area contributed by atoms with E-state index in [1.165, 1.54) is 16.8 Å². The molecule has 3 nitrogen and oxygen atoms in total. The summed E-state index contributed by atoms with van der Waals surface area (Å²) in [7, 11) is 0. The summed E-state index contributed by atoms with van der Waals surface area (Å²) in [5.74, 6) is 1.09. The first-order chi connectivity index (χ1) is 7.75. The highest BCUT2D eigenvalue weighted by atomic mass is 16.5. The van der Waals surface area contributed by atoms with Gasteiger partial charge in [-0.25, -0.2) is 0 Å². The lowest BCUT2D eigenvalue weighted by Crippen LogP contribution is -2.55. The van der Waals surface area contributed by atoms with Crippen molar-refractivity contribution in [2.45, 2.75) is 19.9 Å². The zero-order valence-electron chi connectivity index (χ0n) is 9.92. The van der Waals surface area contributed by atoms with Gasteiger partial charge in [0.2, 0.25) is 0 Å². The molecule has 3 rings (SSSR count). The Morgan fingerprint density at radius 3 is 3.12 bits per heavy atom. The van der Waals surface area contributed by atoms with Gasteiger partial charge >= 0.3 is 0 Å². The second kappa shape index (κ2) is 3.67. The van der Waals surface area contributed by atoms with E-state index >= 15 is 0 Å². The van der Waals surface area contributed by atoms with Crippen molar-refractivity contribution >= 4 is 5.69 Å². The van der Waals surface area contributed by atoms with Crippen molar-refractivity contribution in [2.24, 2.45) is 0 Å². The van der Waals surface area contributed by atoms with Gasteiger partial charge in [-0.2, -0.15) is 0 Å². The molecule has 2 heterocycles. The molecule has 1 N–H and O–H groups in total. The number of anilines is 1. The summed E-state index contributed by atoms with van der Waals surface area (Å²) in [5, 5.41) is 3.42. The summed E-state index contributed by atoms with van der Waals surface area (Å²) in [6.07, 6.45) is 0. The Morgan fingerprint density at radius 1 is 1.38 bits per heavy atom. The van der Waals surface area contributed by atoms with Crippen LogP contribution in [0.3, 0.4) is 0 Å². The molecular formula is C13H18N2O. The van der Waals surface area contributed by atoms with Crippen molar-refractivity contribution in [3.05, 3.63) is 23.3 Å². The van der Waals surface area contributed by atoms with Crippen LogP contribution in [-0.4, -0.2) is 32.3 Å². The van der Waals surface area contributed by atoms with Crippen LogP contribution in [0.15, 0.2) is 12.1 Å². The number of benzene rings is 1. The van der Waals surface area contributed by atoms with Crippen molar-refractivity contribution in [1.29, 1.82) is 0 Å². The second-order valence-corrected chi connectivity index (χ2v) is 4.79. The number of hydrogen-bond acceptors (Lipinski definition) is 3. The van der Waals surface area contributed by atoms with Gasteiger partial charge < -0.3 is 15.0 Å². The van der Waals surface area contributed by atoms with Gasteiger partial charge in [-0.1, -0.05) is 6.07 Å². The Balaban J connectivity index is 2.06. The number of nitrogens with one attached hydrogen (secondary N) is 1. The van der Waals surface area contributed by atoms with Gasteiger partial charge in [0, 0.05) is 19.6 Å². The van der Waals surface area contributed by atoms with Crippen molar-refractivity contribution in [2.75, 3.05) is 31.1 Å². The van der Waals surface area contributed by atoms with E-state index in [-0.39, 0.29) is 0 Å². The molecule has 1 saturated heterocycles. The van der Waals surface area contributed by atoms with Gasteiger partial charge in [0.25, 0.3) is 0 Å². The maximum absolute atomic E-state index is 5.90. The fourth-order valence-electron chi connectivity index (χ4n) is 2.74. The molecule has 0 radical (unpaired) electrons. The van der Waals surface area contributed by atoms with Crippen molar-refractivity contribution < 1.29 is 4.74 Å². The van der Waals surface area contributed by atoms with Crippen molar-refractivity contribution in [3.63, 3.8) is 0 Å². The van der Waals surface area contributed by atoms with Crippen molar-refractivity contribution in [1.82, 2.24) is 5.32 Å². The number of nitrogens with zero attached hydrogens (tertiary/aromatic N) is 1. The van der Waals surface area contributed by atoms with E-state index in [1.54, 1.807) is 0 Å². The molecule has 2 aliphatic heterocycles. The van der Waals surface area contributed by atoms with E-state index in [9.17, 15) is 0 Å². The lowest BCUT2D eigenvalue weighted by atomic mass is 10.0. The molecule has 0 amide bonds. The molecule has 0 aromatic heterocycles. The molecule has 1 unspecified atom stereocenters. The van der Waals surface area contributed by atoms with Crippen LogP contribution in [0.1, 0.15) is 11.1 Å². The summed E-state index contributed by atoms with van der Waals surface area (Å²) in [6, 6.07) is 4.95. The van der Waals surface area contributed by atoms with Gasteiger partial charge in [-0.3, -0.25) is 0 Å². The maximum atomic E-state index is 5.90. The molecule has 86 valence electrons.